The summed E-state index contributed by atoms with van der Waals surface area (Å²) in [5.74, 6) is 1.55. The lowest BCUT2D eigenvalue weighted by Crippen LogP contribution is -2.42. The smallest absolute Gasteiger partial charge is 0.276 e. The van der Waals surface area contributed by atoms with Crippen LogP contribution < -0.4 is 4.74 Å². The largest absolute Gasteiger partial charge is 0.484 e. The summed E-state index contributed by atoms with van der Waals surface area (Å²) in [7, 11) is 0. The first kappa shape index (κ1) is 20.0. The fourth-order valence-electron chi connectivity index (χ4n) is 3.58. The molecule has 0 saturated carbocycles. The summed E-state index contributed by atoms with van der Waals surface area (Å²) in [4.78, 5) is 23.0. The summed E-state index contributed by atoms with van der Waals surface area (Å²) >= 11 is 0. The Hall–Kier alpha value is -3.29. The predicted molar refractivity (Wildman–Crippen MR) is 107 cm³/mol. The van der Waals surface area contributed by atoms with Gasteiger partial charge in [-0.2, -0.15) is 4.98 Å². The summed E-state index contributed by atoms with van der Waals surface area (Å²) in [6.07, 6.45) is 5.28. The number of hydrogen-bond donors (Lipinski definition) is 0. The van der Waals surface area contributed by atoms with Crippen LogP contribution >= 0.6 is 0 Å². The molecule has 0 radical (unpaired) electrons. The van der Waals surface area contributed by atoms with Crippen LogP contribution in [0.5, 0.6) is 5.75 Å². The first-order valence-electron chi connectivity index (χ1n) is 10.1. The fourth-order valence-corrected chi connectivity index (χ4v) is 3.58. The molecule has 7 nitrogen and oxygen atoms in total. The molecule has 3 heterocycles. The number of likely N-dealkylation sites (tertiary alicyclic amines) is 1. The first-order chi connectivity index (χ1) is 14.7. The average molecular weight is 410 g/mol. The number of aryl methyl sites for hydroxylation is 1. The van der Waals surface area contributed by atoms with Crippen LogP contribution in [0.3, 0.4) is 0 Å². The van der Waals surface area contributed by atoms with Crippen molar-refractivity contribution in [2.24, 2.45) is 5.92 Å². The third-order valence-electron chi connectivity index (χ3n) is 5.18. The predicted octanol–water partition coefficient (Wildman–Crippen LogP) is 3.52. The highest BCUT2D eigenvalue weighted by molar-refractivity contribution is 5.77. The van der Waals surface area contributed by atoms with Gasteiger partial charge < -0.3 is 14.2 Å². The van der Waals surface area contributed by atoms with E-state index in [4.69, 9.17) is 9.26 Å². The molecule has 1 atom stereocenters. The van der Waals surface area contributed by atoms with Gasteiger partial charge >= 0.3 is 0 Å². The fraction of sp³-hybridized carbons (Fsp3) is 0.364. The van der Waals surface area contributed by atoms with Gasteiger partial charge in [0.05, 0.1) is 0 Å². The molecule has 4 rings (SSSR count). The lowest BCUT2D eigenvalue weighted by molar-refractivity contribution is -0.135. The maximum atomic E-state index is 13.0. The Morgan fingerprint density at radius 3 is 2.90 bits per heavy atom. The lowest BCUT2D eigenvalue weighted by atomic mass is 9.93. The summed E-state index contributed by atoms with van der Waals surface area (Å²) < 4.78 is 23.7. The monoisotopic (exact) mass is 410 g/mol. The number of amides is 1. The SMILES string of the molecule is O=C(COc1ccc(F)cc1)N1CCCC(CCc2noc(-c3ccccn3)n2)C1. The molecule has 2 aromatic heterocycles. The zero-order valence-corrected chi connectivity index (χ0v) is 16.5. The van der Waals surface area contributed by atoms with E-state index in [-0.39, 0.29) is 18.3 Å². The van der Waals surface area contributed by atoms with Crippen LogP contribution in [0.4, 0.5) is 4.39 Å². The topological polar surface area (TPSA) is 81.4 Å². The van der Waals surface area contributed by atoms with Gasteiger partial charge in [-0.1, -0.05) is 11.2 Å². The second kappa shape index (κ2) is 9.47. The van der Waals surface area contributed by atoms with Crippen molar-refractivity contribution in [3.8, 4) is 17.3 Å². The molecule has 1 aliphatic heterocycles. The lowest BCUT2D eigenvalue weighted by Gasteiger charge is -2.32. The van der Waals surface area contributed by atoms with Crippen molar-refractivity contribution in [3.05, 3.63) is 60.3 Å². The summed E-state index contributed by atoms with van der Waals surface area (Å²) in [5.41, 5.74) is 0.659. The zero-order valence-electron chi connectivity index (χ0n) is 16.5. The van der Waals surface area contributed by atoms with Gasteiger partial charge in [0.25, 0.3) is 11.8 Å². The van der Waals surface area contributed by atoms with Gasteiger partial charge in [0.1, 0.15) is 17.3 Å². The molecular formula is C22H23FN4O3. The van der Waals surface area contributed by atoms with E-state index < -0.39 is 0 Å². The van der Waals surface area contributed by atoms with E-state index in [1.54, 1.807) is 6.20 Å². The van der Waals surface area contributed by atoms with Crippen LogP contribution in [-0.4, -0.2) is 45.6 Å². The molecular weight excluding hydrogens is 387 g/mol. The van der Waals surface area contributed by atoms with Crippen molar-refractivity contribution in [1.29, 1.82) is 0 Å². The van der Waals surface area contributed by atoms with Gasteiger partial charge in [-0.05, 0) is 61.6 Å². The van der Waals surface area contributed by atoms with Crippen molar-refractivity contribution >= 4 is 5.91 Å². The molecule has 1 amide bonds. The highest BCUT2D eigenvalue weighted by Gasteiger charge is 2.24. The van der Waals surface area contributed by atoms with E-state index in [0.717, 1.165) is 25.8 Å². The highest BCUT2D eigenvalue weighted by atomic mass is 19.1. The van der Waals surface area contributed by atoms with Gasteiger partial charge in [-0.15, -0.1) is 0 Å². The van der Waals surface area contributed by atoms with Crippen molar-refractivity contribution in [1.82, 2.24) is 20.0 Å². The van der Waals surface area contributed by atoms with E-state index >= 15 is 0 Å². The number of rotatable bonds is 7. The molecule has 8 heteroatoms. The van der Waals surface area contributed by atoms with Crippen molar-refractivity contribution in [2.75, 3.05) is 19.7 Å². The molecule has 30 heavy (non-hydrogen) atoms. The maximum Gasteiger partial charge on any atom is 0.276 e. The minimum absolute atomic E-state index is 0.0450. The van der Waals surface area contributed by atoms with E-state index in [0.29, 0.717) is 42.0 Å². The van der Waals surface area contributed by atoms with Crippen LogP contribution in [0.1, 0.15) is 25.1 Å². The quantitative estimate of drug-likeness (QED) is 0.593. The van der Waals surface area contributed by atoms with Crippen LogP contribution in [-0.2, 0) is 11.2 Å². The molecule has 0 aliphatic carbocycles. The van der Waals surface area contributed by atoms with Crippen LogP contribution in [0.2, 0.25) is 0 Å². The Balaban J connectivity index is 1.25. The molecule has 1 aliphatic rings. The highest BCUT2D eigenvalue weighted by Crippen LogP contribution is 2.22. The normalized spacial score (nSPS) is 16.4. The number of ether oxygens (including phenoxy) is 1. The van der Waals surface area contributed by atoms with E-state index in [1.807, 2.05) is 23.1 Å². The number of carbonyl (C=O) groups is 1. The van der Waals surface area contributed by atoms with E-state index in [9.17, 15) is 9.18 Å². The minimum Gasteiger partial charge on any atom is -0.484 e. The summed E-state index contributed by atoms with van der Waals surface area (Å²) in [5, 5.41) is 4.05. The summed E-state index contributed by atoms with van der Waals surface area (Å²) in [6, 6.07) is 11.2. The minimum atomic E-state index is -0.332. The number of carbonyl (C=O) groups excluding carboxylic acids is 1. The second-order valence-corrected chi connectivity index (χ2v) is 7.36. The van der Waals surface area contributed by atoms with Crippen LogP contribution in [0.25, 0.3) is 11.6 Å². The maximum absolute atomic E-state index is 13.0. The molecule has 0 N–H and O–H groups in total. The van der Waals surface area contributed by atoms with Gasteiger partial charge in [0, 0.05) is 25.7 Å². The van der Waals surface area contributed by atoms with Gasteiger partial charge in [0.2, 0.25) is 0 Å². The third kappa shape index (κ3) is 5.20. The molecule has 3 aromatic rings. The zero-order chi connectivity index (χ0) is 20.8. The number of halogens is 1. The molecule has 1 unspecified atom stereocenters. The molecule has 0 spiro atoms. The Morgan fingerprint density at radius 2 is 2.10 bits per heavy atom. The van der Waals surface area contributed by atoms with Crippen molar-refractivity contribution in [3.63, 3.8) is 0 Å². The Kier molecular flexibility index (Phi) is 6.32. The summed E-state index contributed by atoms with van der Waals surface area (Å²) in [6.45, 7) is 1.38. The van der Waals surface area contributed by atoms with E-state index in [1.165, 1.54) is 24.3 Å². The number of piperidine rings is 1. The molecule has 156 valence electrons. The number of nitrogens with zero attached hydrogens (tertiary/aromatic N) is 4. The Bertz CT molecular complexity index is 962. The van der Waals surface area contributed by atoms with Crippen LogP contribution in [0, 0.1) is 11.7 Å². The number of hydrogen-bond acceptors (Lipinski definition) is 6. The molecule has 1 aromatic carbocycles. The standard InChI is InChI=1S/C22H23FN4O3/c23-17-7-9-18(10-8-17)29-15-21(28)27-13-3-4-16(14-27)6-11-20-25-22(30-26-20)19-5-1-2-12-24-19/h1-2,5,7-10,12,16H,3-4,6,11,13-15H2. The number of pyridine rings is 1. The molecule has 0 bridgehead atoms. The van der Waals surface area contributed by atoms with Gasteiger partial charge in [-0.25, -0.2) is 4.39 Å². The second-order valence-electron chi connectivity index (χ2n) is 7.36. The number of benzene rings is 1. The van der Waals surface area contributed by atoms with E-state index in [2.05, 4.69) is 15.1 Å². The van der Waals surface area contributed by atoms with Crippen LogP contribution in [0.15, 0.2) is 53.2 Å². The Morgan fingerprint density at radius 1 is 1.23 bits per heavy atom. The van der Waals surface area contributed by atoms with Gasteiger partial charge in [0.15, 0.2) is 12.4 Å². The first-order valence-corrected chi connectivity index (χ1v) is 10.1. The average Bonchev–Trinajstić information content (AvgIpc) is 3.27. The van der Waals surface area contributed by atoms with Gasteiger partial charge in [-0.3, -0.25) is 9.78 Å². The molecule has 1 fully saturated rings. The third-order valence-corrected chi connectivity index (χ3v) is 5.18. The molecule has 1 saturated heterocycles. The number of aromatic nitrogens is 3. The Labute approximate surface area is 173 Å². The van der Waals surface area contributed by atoms with Crippen molar-refractivity contribution < 1.29 is 18.4 Å². The van der Waals surface area contributed by atoms with Crippen molar-refractivity contribution in [2.45, 2.75) is 25.7 Å².